The van der Waals surface area contributed by atoms with Crippen LogP contribution in [0.2, 0.25) is 0 Å². The minimum absolute atomic E-state index is 0.672. The third kappa shape index (κ3) is 2.28. The fraction of sp³-hybridized carbons (Fsp3) is 1.00. The Morgan fingerprint density at radius 1 is 1.25 bits per heavy atom. The highest BCUT2D eigenvalue weighted by Gasteiger charge is 2.43. The standard InChI is InChI=1S/C14H28N2/c1-4-16-9-6-14(7-10-16)5-8-15-11-13(14)12(2)3/h12-13,15H,4-11H2,1-3H3. The molecule has 2 fully saturated rings. The van der Waals surface area contributed by atoms with Gasteiger partial charge >= 0.3 is 0 Å². The van der Waals surface area contributed by atoms with Gasteiger partial charge < -0.3 is 10.2 Å². The first kappa shape index (κ1) is 12.4. The molecule has 0 saturated carbocycles. The smallest absolute Gasteiger partial charge is 0.00127 e. The molecule has 2 heterocycles. The molecular formula is C14H28N2. The number of hydrogen-bond acceptors (Lipinski definition) is 2. The Bertz CT molecular complexity index is 217. The number of piperidine rings is 2. The lowest BCUT2D eigenvalue weighted by atomic mass is 9.61. The Kier molecular flexibility index (Phi) is 3.91. The van der Waals surface area contributed by atoms with Crippen molar-refractivity contribution in [3.63, 3.8) is 0 Å². The zero-order chi connectivity index (χ0) is 11.6. The van der Waals surface area contributed by atoms with E-state index in [4.69, 9.17) is 0 Å². The SMILES string of the molecule is CCN1CCC2(CCNCC2C(C)C)CC1. The van der Waals surface area contributed by atoms with Crippen molar-refractivity contribution in [3.8, 4) is 0 Å². The summed E-state index contributed by atoms with van der Waals surface area (Å²) in [5, 5.41) is 3.60. The summed E-state index contributed by atoms with van der Waals surface area (Å²) < 4.78 is 0. The molecule has 1 N–H and O–H groups in total. The Hall–Kier alpha value is -0.0800. The first-order valence-electron chi connectivity index (χ1n) is 7.11. The lowest BCUT2D eigenvalue weighted by molar-refractivity contribution is 0.00281. The molecule has 0 amide bonds. The van der Waals surface area contributed by atoms with Crippen LogP contribution in [0.5, 0.6) is 0 Å². The maximum atomic E-state index is 3.60. The topological polar surface area (TPSA) is 15.3 Å². The van der Waals surface area contributed by atoms with Crippen molar-refractivity contribution in [2.75, 3.05) is 32.7 Å². The number of likely N-dealkylation sites (tertiary alicyclic amines) is 1. The summed E-state index contributed by atoms with van der Waals surface area (Å²) in [6, 6.07) is 0. The van der Waals surface area contributed by atoms with E-state index in [1.807, 2.05) is 0 Å². The monoisotopic (exact) mass is 224 g/mol. The summed E-state index contributed by atoms with van der Waals surface area (Å²) in [6.45, 7) is 13.5. The van der Waals surface area contributed by atoms with Gasteiger partial charge in [0.15, 0.2) is 0 Å². The Labute approximate surface area is 101 Å². The molecule has 0 aromatic rings. The Morgan fingerprint density at radius 3 is 2.50 bits per heavy atom. The highest BCUT2D eigenvalue weighted by atomic mass is 15.1. The van der Waals surface area contributed by atoms with Crippen LogP contribution in [0, 0.1) is 17.3 Å². The third-order valence-electron chi connectivity index (χ3n) is 5.05. The molecule has 2 rings (SSSR count). The van der Waals surface area contributed by atoms with Crippen LogP contribution in [0.1, 0.15) is 40.0 Å². The summed E-state index contributed by atoms with van der Waals surface area (Å²) in [5.74, 6) is 1.74. The van der Waals surface area contributed by atoms with Crippen LogP contribution in [0.4, 0.5) is 0 Å². The first-order valence-corrected chi connectivity index (χ1v) is 7.11. The zero-order valence-electron chi connectivity index (χ0n) is 11.3. The van der Waals surface area contributed by atoms with E-state index in [0.717, 1.165) is 11.8 Å². The number of hydrogen-bond donors (Lipinski definition) is 1. The van der Waals surface area contributed by atoms with Gasteiger partial charge in [0.05, 0.1) is 0 Å². The second-order valence-corrected chi connectivity index (χ2v) is 6.10. The average molecular weight is 224 g/mol. The van der Waals surface area contributed by atoms with Gasteiger partial charge in [-0.2, -0.15) is 0 Å². The van der Waals surface area contributed by atoms with E-state index in [0.29, 0.717) is 5.41 Å². The van der Waals surface area contributed by atoms with Gasteiger partial charge in [0.25, 0.3) is 0 Å². The average Bonchev–Trinajstić information content (AvgIpc) is 2.30. The molecule has 0 aromatic carbocycles. The molecule has 2 aliphatic rings. The maximum Gasteiger partial charge on any atom is -0.00127 e. The summed E-state index contributed by atoms with van der Waals surface area (Å²) in [6.07, 6.45) is 4.28. The van der Waals surface area contributed by atoms with Gasteiger partial charge in [0, 0.05) is 0 Å². The second-order valence-electron chi connectivity index (χ2n) is 6.10. The van der Waals surface area contributed by atoms with Crippen LogP contribution in [0.25, 0.3) is 0 Å². The van der Waals surface area contributed by atoms with E-state index in [1.54, 1.807) is 0 Å². The molecule has 2 aliphatic heterocycles. The largest absolute Gasteiger partial charge is 0.316 e. The van der Waals surface area contributed by atoms with E-state index in [2.05, 4.69) is 31.0 Å². The van der Waals surface area contributed by atoms with Crippen LogP contribution in [0.3, 0.4) is 0 Å². The van der Waals surface area contributed by atoms with E-state index >= 15 is 0 Å². The molecule has 2 saturated heterocycles. The van der Waals surface area contributed by atoms with Crippen LogP contribution in [0.15, 0.2) is 0 Å². The van der Waals surface area contributed by atoms with E-state index < -0.39 is 0 Å². The van der Waals surface area contributed by atoms with Crippen molar-refractivity contribution >= 4 is 0 Å². The zero-order valence-corrected chi connectivity index (χ0v) is 11.3. The Balaban J connectivity index is 2.04. The molecule has 0 bridgehead atoms. The van der Waals surface area contributed by atoms with Crippen LogP contribution < -0.4 is 5.32 Å². The quantitative estimate of drug-likeness (QED) is 0.774. The van der Waals surface area contributed by atoms with E-state index in [1.165, 1.54) is 52.0 Å². The fourth-order valence-corrected chi connectivity index (χ4v) is 3.87. The maximum absolute atomic E-state index is 3.60. The molecule has 94 valence electrons. The third-order valence-corrected chi connectivity index (χ3v) is 5.05. The number of rotatable bonds is 2. The molecule has 1 atom stereocenters. The van der Waals surface area contributed by atoms with Crippen LogP contribution in [-0.2, 0) is 0 Å². The molecule has 2 nitrogen and oxygen atoms in total. The molecular weight excluding hydrogens is 196 g/mol. The minimum atomic E-state index is 0.672. The Morgan fingerprint density at radius 2 is 1.94 bits per heavy atom. The van der Waals surface area contributed by atoms with Gasteiger partial charge in [-0.15, -0.1) is 0 Å². The lowest BCUT2D eigenvalue weighted by Crippen LogP contribution is -2.52. The summed E-state index contributed by atoms with van der Waals surface area (Å²) >= 11 is 0. The van der Waals surface area contributed by atoms with Crippen molar-refractivity contribution in [3.05, 3.63) is 0 Å². The minimum Gasteiger partial charge on any atom is -0.316 e. The summed E-state index contributed by atoms with van der Waals surface area (Å²) in [4.78, 5) is 2.62. The molecule has 0 aromatic heterocycles. The van der Waals surface area contributed by atoms with Crippen molar-refractivity contribution in [1.29, 1.82) is 0 Å². The first-order chi connectivity index (χ1) is 7.68. The van der Waals surface area contributed by atoms with Gasteiger partial charge in [-0.05, 0) is 69.2 Å². The highest BCUT2D eigenvalue weighted by molar-refractivity contribution is 4.96. The van der Waals surface area contributed by atoms with Crippen molar-refractivity contribution in [2.45, 2.75) is 40.0 Å². The molecule has 0 aliphatic carbocycles. The van der Waals surface area contributed by atoms with Crippen LogP contribution in [-0.4, -0.2) is 37.6 Å². The number of nitrogens with one attached hydrogen (secondary N) is 1. The second kappa shape index (κ2) is 5.05. The molecule has 0 radical (unpaired) electrons. The van der Waals surface area contributed by atoms with Gasteiger partial charge in [0.1, 0.15) is 0 Å². The van der Waals surface area contributed by atoms with Gasteiger partial charge in [-0.25, -0.2) is 0 Å². The number of nitrogens with zero attached hydrogens (tertiary/aromatic N) is 1. The fourth-order valence-electron chi connectivity index (χ4n) is 3.87. The highest BCUT2D eigenvalue weighted by Crippen LogP contribution is 2.46. The van der Waals surface area contributed by atoms with E-state index in [9.17, 15) is 0 Å². The van der Waals surface area contributed by atoms with E-state index in [-0.39, 0.29) is 0 Å². The van der Waals surface area contributed by atoms with Crippen molar-refractivity contribution in [2.24, 2.45) is 17.3 Å². The van der Waals surface area contributed by atoms with Gasteiger partial charge in [-0.1, -0.05) is 20.8 Å². The molecule has 16 heavy (non-hydrogen) atoms. The predicted molar refractivity (Wildman–Crippen MR) is 69.6 cm³/mol. The van der Waals surface area contributed by atoms with Crippen molar-refractivity contribution in [1.82, 2.24) is 10.2 Å². The summed E-state index contributed by atoms with van der Waals surface area (Å²) in [5.41, 5.74) is 0.672. The van der Waals surface area contributed by atoms with Gasteiger partial charge in [-0.3, -0.25) is 0 Å². The molecule has 1 unspecified atom stereocenters. The van der Waals surface area contributed by atoms with Crippen LogP contribution >= 0.6 is 0 Å². The predicted octanol–water partition coefficient (Wildman–Crippen LogP) is 2.35. The van der Waals surface area contributed by atoms with Gasteiger partial charge in [0.2, 0.25) is 0 Å². The lowest BCUT2D eigenvalue weighted by Gasteiger charge is -2.51. The molecule has 2 heteroatoms. The molecule has 1 spiro atoms. The van der Waals surface area contributed by atoms with Crippen molar-refractivity contribution < 1.29 is 0 Å². The summed E-state index contributed by atoms with van der Waals surface area (Å²) in [7, 11) is 0. The normalized spacial score (nSPS) is 31.1.